The normalized spacial score (nSPS) is 25.8. The highest BCUT2D eigenvalue weighted by molar-refractivity contribution is 6.00. The van der Waals surface area contributed by atoms with Gasteiger partial charge >= 0.3 is 5.97 Å². The Kier molecular flexibility index (Phi) is 4.12. The highest BCUT2D eigenvalue weighted by Crippen LogP contribution is 2.58. The first-order chi connectivity index (χ1) is 13.2. The summed E-state index contributed by atoms with van der Waals surface area (Å²) in [6.45, 7) is 4.77. The average Bonchev–Trinajstić information content (AvgIpc) is 2.92. The van der Waals surface area contributed by atoms with Gasteiger partial charge in [0.2, 0.25) is 5.78 Å². The van der Waals surface area contributed by atoms with E-state index in [1.54, 1.807) is 12.1 Å². The topological polar surface area (TPSA) is 83.8 Å². The summed E-state index contributed by atoms with van der Waals surface area (Å²) in [5.41, 5.74) is 1.95. The quantitative estimate of drug-likeness (QED) is 0.797. The summed E-state index contributed by atoms with van der Waals surface area (Å²) in [6.07, 6.45) is 3.50. The smallest absolute Gasteiger partial charge is 0.303 e. The Balaban J connectivity index is 1.79. The number of benzene rings is 2. The van der Waals surface area contributed by atoms with Gasteiger partial charge in [-0.05, 0) is 64.9 Å². The van der Waals surface area contributed by atoms with Crippen LogP contribution in [0, 0.1) is 12.3 Å². The van der Waals surface area contributed by atoms with Crippen molar-refractivity contribution < 1.29 is 24.5 Å². The number of hydrogen-bond acceptors (Lipinski definition) is 5. The molecule has 0 saturated heterocycles. The van der Waals surface area contributed by atoms with E-state index in [9.17, 15) is 19.8 Å². The number of carbonyl (C=O) groups is 2. The molecule has 0 spiro atoms. The largest absolute Gasteiger partial charge is 0.508 e. The molecular formula is C23H24O5. The predicted molar refractivity (Wildman–Crippen MR) is 106 cm³/mol. The maximum Gasteiger partial charge on any atom is 0.303 e. The third-order valence-electron chi connectivity index (χ3n) is 6.58. The molecule has 2 aromatic rings. The molecule has 0 radical (unpaired) electrons. The zero-order valence-corrected chi connectivity index (χ0v) is 16.3. The molecule has 0 aliphatic heterocycles. The van der Waals surface area contributed by atoms with Gasteiger partial charge in [0.05, 0.1) is 0 Å². The van der Waals surface area contributed by atoms with Gasteiger partial charge in [0, 0.05) is 18.8 Å². The van der Waals surface area contributed by atoms with E-state index in [4.69, 9.17) is 4.74 Å². The van der Waals surface area contributed by atoms with Crippen molar-refractivity contribution in [2.45, 2.75) is 45.6 Å². The molecule has 4 rings (SSSR count). The maximum absolute atomic E-state index is 12.8. The first kappa shape index (κ1) is 18.7. The molecule has 5 heteroatoms. The van der Waals surface area contributed by atoms with Gasteiger partial charge in [-0.15, -0.1) is 0 Å². The molecule has 0 unspecified atom stereocenters. The lowest BCUT2D eigenvalue weighted by molar-refractivity contribution is -0.158. The van der Waals surface area contributed by atoms with Crippen LogP contribution in [0.15, 0.2) is 30.3 Å². The summed E-state index contributed by atoms with van der Waals surface area (Å²) in [7, 11) is 0. The first-order valence-electron chi connectivity index (χ1n) is 9.52. The van der Waals surface area contributed by atoms with E-state index in [0.29, 0.717) is 12.8 Å². The number of esters is 1. The minimum absolute atomic E-state index is 0.213. The van der Waals surface area contributed by atoms with Crippen molar-refractivity contribution in [2.24, 2.45) is 5.41 Å². The van der Waals surface area contributed by atoms with Crippen LogP contribution in [-0.2, 0) is 20.7 Å². The molecule has 146 valence electrons. The zero-order chi connectivity index (χ0) is 20.3. The van der Waals surface area contributed by atoms with Crippen molar-refractivity contribution in [3.8, 4) is 5.75 Å². The SMILES string of the molecule is CC(=O)OCC(=O)[C@@]1(O)CC=C2c3cc(C)c4cc(O)ccc4c3CC[C@@]21C. The highest BCUT2D eigenvalue weighted by Gasteiger charge is 2.58. The number of aromatic hydroxyl groups is 1. The van der Waals surface area contributed by atoms with E-state index in [1.807, 2.05) is 26.0 Å². The number of aryl methyl sites for hydroxylation is 2. The van der Waals surface area contributed by atoms with Gasteiger partial charge in [0.25, 0.3) is 0 Å². The van der Waals surface area contributed by atoms with Gasteiger partial charge in [0.15, 0.2) is 6.61 Å². The second-order valence-electron chi connectivity index (χ2n) is 8.17. The van der Waals surface area contributed by atoms with Crippen LogP contribution in [0.4, 0.5) is 0 Å². The molecule has 0 fully saturated rings. The molecule has 5 nitrogen and oxygen atoms in total. The summed E-state index contributed by atoms with van der Waals surface area (Å²) in [6, 6.07) is 7.49. The number of aliphatic hydroxyl groups is 1. The number of hydrogen-bond donors (Lipinski definition) is 2. The minimum atomic E-state index is -1.58. The molecule has 0 aromatic heterocycles. The second kappa shape index (κ2) is 6.17. The molecule has 28 heavy (non-hydrogen) atoms. The molecule has 0 bridgehead atoms. The van der Waals surface area contributed by atoms with Crippen LogP contribution in [0.2, 0.25) is 0 Å². The van der Waals surface area contributed by atoms with Crippen molar-refractivity contribution >= 4 is 28.1 Å². The Labute approximate surface area is 163 Å². The minimum Gasteiger partial charge on any atom is -0.508 e. The first-order valence-corrected chi connectivity index (χ1v) is 9.52. The van der Waals surface area contributed by atoms with E-state index >= 15 is 0 Å². The van der Waals surface area contributed by atoms with Crippen molar-refractivity contribution in [1.29, 1.82) is 0 Å². The van der Waals surface area contributed by atoms with Crippen LogP contribution in [0.1, 0.15) is 43.4 Å². The molecule has 0 saturated carbocycles. The van der Waals surface area contributed by atoms with Gasteiger partial charge in [0.1, 0.15) is 11.4 Å². The summed E-state index contributed by atoms with van der Waals surface area (Å²) in [5, 5.41) is 23.3. The van der Waals surface area contributed by atoms with Crippen molar-refractivity contribution in [3.63, 3.8) is 0 Å². The Hall–Kier alpha value is -2.66. The van der Waals surface area contributed by atoms with Crippen molar-refractivity contribution in [3.05, 3.63) is 47.0 Å². The molecule has 0 amide bonds. The van der Waals surface area contributed by atoms with E-state index in [1.165, 1.54) is 12.5 Å². The third kappa shape index (κ3) is 2.49. The fourth-order valence-electron chi connectivity index (χ4n) is 4.91. The summed E-state index contributed by atoms with van der Waals surface area (Å²) >= 11 is 0. The van der Waals surface area contributed by atoms with Crippen LogP contribution in [-0.4, -0.2) is 34.2 Å². The van der Waals surface area contributed by atoms with Crippen LogP contribution in [0.3, 0.4) is 0 Å². The molecule has 2 atom stereocenters. The van der Waals surface area contributed by atoms with Gasteiger partial charge in [-0.1, -0.05) is 25.1 Å². The second-order valence-corrected chi connectivity index (χ2v) is 8.17. The summed E-state index contributed by atoms with van der Waals surface area (Å²) < 4.78 is 4.87. The number of ketones is 1. The average molecular weight is 380 g/mol. The number of fused-ring (bicyclic) bond motifs is 5. The van der Waals surface area contributed by atoms with E-state index < -0.39 is 29.4 Å². The number of carbonyl (C=O) groups excluding carboxylic acids is 2. The molecule has 2 aliphatic rings. The highest BCUT2D eigenvalue weighted by atomic mass is 16.5. The lowest BCUT2D eigenvalue weighted by Gasteiger charge is -2.44. The maximum atomic E-state index is 12.8. The Morgan fingerprint density at radius 2 is 1.96 bits per heavy atom. The van der Waals surface area contributed by atoms with Gasteiger partial charge < -0.3 is 14.9 Å². The molecule has 2 aliphatic carbocycles. The molecule has 2 N–H and O–H groups in total. The number of Topliss-reactive ketones (excluding diaryl/α,β-unsaturated/α-hetero) is 1. The lowest BCUT2D eigenvalue weighted by atomic mass is 9.61. The summed E-state index contributed by atoms with van der Waals surface area (Å²) in [5.74, 6) is -0.753. The van der Waals surface area contributed by atoms with Crippen LogP contribution < -0.4 is 0 Å². The van der Waals surface area contributed by atoms with E-state index in [0.717, 1.165) is 27.5 Å². The van der Waals surface area contributed by atoms with Crippen LogP contribution in [0.25, 0.3) is 16.3 Å². The van der Waals surface area contributed by atoms with Crippen LogP contribution >= 0.6 is 0 Å². The number of phenols is 1. The number of rotatable bonds is 3. The standard InChI is InChI=1S/C23H24O5/c1-13-10-19-17(16-5-4-15(25)11-18(13)16)6-8-22(3)20(19)7-9-23(22,27)21(26)12-28-14(2)24/h4-5,7,10-11,25,27H,6,8-9,12H2,1-3H3/t22-,23-/m0/s1. The zero-order valence-electron chi connectivity index (χ0n) is 16.3. The lowest BCUT2D eigenvalue weighted by Crippen LogP contribution is -2.53. The van der Waals surface area contributed by atoms with Crippen LogP contribution in [0.5, 0.6) is 5.75 Å². The number of ether oxygens (including phenoxy) is 1. The predicted octanol–water partition coefficient (Wildman–Crippen LogP) is 3.46. The third-order valence-corrected chi connectivity index (χ3v) is 6.58. The Morgan fingerprint density at radius 3 is 2.68 bits per heavy atom. The summed E-state index contributed by atoms with van der Waals surface area (Å²) in [4.78, 5) is 23.9. The van der Waals surface area contributed by atoms with E-state index in [-0.39, 0.29) is 12.2 Å². The van der Waals surface area contributed by atoms with Gasteiger partial charge in [-0.3, -0.25) is 9.59 Å². The molecule has 0 heterocycles. The number of phenolic OH excluding ortho intramolecular Hbond substituents is 1. The van der Waals surface area contributed by atoms with Gasteiger partial charge in [-0.2, -0.15) is 0 Å². The fraction of sp³-hybridized carbons (Fsp3) is 0.391. The fourth-order valence-corrected chi connectivity index (χ4v) is 4.91. The monoisotopic (exact) mass is 380 g/mol. The van der Waals surface area contributed by atoms with Gasteiger partial charge in [-0.25, -0.2) is 0 Å². The molecule has 2 aromatic carbocycles. The van der Waals surface area contributed by atoms with Crippen molar-refractivity contribution in [1.82, 2.24) is 0 Å². The Bertz CT molecular complexity index is 1050. The Morgan fingerprint density at radius 1 is 1.21 bits per heavy atom. The molecular weight excluding hydrogens is 356 g/mol. The van der Waals surface area contributed by atoms with Crippen molar-refractivity contribution in [2.75, 3.05) is 6.61 Å². The van der Waals surface area contributed by atoms with E-state index in [2.05, 4.69) is 6.07 Å².